The number of carbonyl (C=O) groups is 1. The number of hydrogen-bond donors (Lipinski definition) is 1. The van der Waals surface area contributed by atoms with Crippen molar-refractivity contribution in [3.05, 3.63) is 87.0 Å². The van der Waals surface area contributed by atoms with E-state index < -0.39 is 5.91 Å². The highest BCUT2D eigenvalue weighted by atomic mass is 32.1. The lowest BCUT2D eigenvalue weighted by atomic mass is 10.2. The maximum absolute atomic E-state index is 13.3. The van der Waals surface area contributed by atoms with Crippen LogP contribution in [0.1, 0.15) is 16.0 Å². The molecule has 10 heteroatoms. The third kappa shape index (κ3) is 4.12. The molecule has 3 aromatic heterocycles. The summed E-state index contributed by atoms with van der Waals surface area (Å²) < 4.78 is 16.1. The molecule has 0 aliphatic carbocycles. The minimum atomic E-state index is -0.660. The van der Waals surface area contributed by atoms with E-state index in [0.29, 0.717) is 21.1 Å². The van der Waals surface area contributed by atoms with Crippen molar-refractivity contribution in [2.75, 3.05) is 0 Å². The molecule has 5 rings (SSSR count). The SMILES string of the molecule is Cc1sc2ncn(CC(=O)N=Nc3c(O)n(Cc4ccc(F)cc4)c4ccccc34)c(=O)c2c1C. The number of para-hydroxylation sites is 1. The molecular weight excluding hydrogens is 469 g/mol. The Hall–Kier alpha value is -4.18. The van der Waals surface area contributed by atoms with Crippen molar-refractivity contribution in [3.8, 4) is 5.88 Å². The molecule has 0 atom stereocenters. The molecule has 176 valence electrons. The highest BCUT2D eigenvalue weighted by Crippen LogP contribution is 2.39. The molecule has 35 heavy (non-hydrogen) atoms. The van der Waals surface area contributed by atoms with Crippen molar-refractivity contribution in [1.29, 1.82) is 0 Å². The Labute approximate surface area is 202 Å². The normalized spacial score (nSPS) is 11.7. The van der Waals surface area contributed by atoms with Gasteiger partial charge in [0.05, 0.1) is 23.8 Å². The van der Waals surface area contributed by atoms with Crippen LogP contribution < -0.4 is 5.56 Å². The number of aromatic hydroxyl groups is 1. The Bertz CT molecular complexity index is 1680. The zero-order valence-electron chi connectivity index (χ0n) is 18.9. The average molecular weight is 490 g/mol. The Balaban J connectivity index is 1.45. The van der Waals surface area contributed by atoms with Crippen LogP contribution in [0.3, 0.4) is 0 Å². The molecule has 2 aromatic carbocycles. The van der Waals surface area contributed by atoms with Gasteiger partial charge in [0, 0.05) is 10.3 Å². The van der Waals surface area contributed by atoms with Gasteiger partial charge in [-0.05, 0) is 43.2 Å². The molecule has 0 unspecified atom stereocenters. The molecule has 0 radical (unpaired) electrons. The molecule has 0 spiro atoms. The van der Waals surface area contributed by atoms with E-state index in [0.717, 1.165) is 16.0 Å². The monoisotopic (exact) mass is 489 g/mol. The quantitative estimate of drug-likeness (QED) is 0.341. The topological polar surface area (TPSA) is 102 Å². The number of amides is 1. The summed E-state index contributed by atoms with van der Waals surface area (Å²) in [6.07, 6.45) is 1.33. The van der Waals surface area contributed by atoms with E-state index in [1.807, 2.05) is 26.0 Å². The van der Waals surface area contributed by atoms with Gasteiger partial charge in [-0.3, -0.25) is 14.2 Å². The number of aromatic nitrogens is 3. The van der Waals surface area contributed by atoms with E-state index in [1.165, 1.54) is 34.4 Å². The predicted octanol–water partition coefficient (Wildman–Crippen LogP) is 5.23. The van der Waals surface area contributed by atoms with Crippen LogP contribution in [0.5, 0.6) is 5.88 Å². The molecule has 3 heterocycles. The van der Waals surface area contributed by atoms with E-state index >= 15 is 0 Å². The minimum Gasteiger partial charge on any atom is -0.493 e. The molecule has 8 nitrogen and oxygen atoms in total. The van der Waals surface area contributed by atoms with Gasteiger partial charge in [-0.1, -0.05) is 30.3 Å². The lowest BCUT2D eigenvalue weighted by molar-refractivity contribution is -0.118. The van der Waals surface area contributed by atoms with E-state index in [1.54, 1.807) is 28.8 Å². The third-order valence-electron chi connectivity index (χ3n) is 5.89. The number of thiophene rings is 1. The fourth-order valence-corrected chi connectivity index (χ4v) is 4.96. The first kappa shape index (κ1) is 22.6. The van der Waals surface area contributed by atoms with Crippen LogP contribution in [0.4, 0.5) is 10.1 Å². The lowest BCUT2D eigenvalue weighted by Crippen LogP contribution is -2.23. The molecule has 5 aromatic rings. The summed E-state index contributed by atoms with van der Waals surface area (Å²) in [5, 5.41) is 19.8. The van der Waals surface area contributed by atoms with Gasteiger partial charge >= 0.3 is 0 Å². The van der Waals surface area contributed by atoms with Crippen LogP contribution >= 0.6 is 11.3 Å². The van der Waals surface area contributed by atoms with E-state index in [2.05, 4.69) is 15.2 Å². The largest absolute Gasteiger partial charge is 0.493 e. The zero-order valence-corrected chi connectivity index (χ0v) is 19.7. The first-order chi connectivity index (χ1) is 16.8. The molecule has 0 saturated heterocycles. The number of carbonyl (C=O) groups excluding carboxylic acids is 1. The van der Waals surface area contributed by atoms with Crippen LogP contribution in [-0.2, 0) is 17.9 Å². The summed E-state index contributed by atoms with van der Waals surface area (Å²) in [6.45, 7) is 3.72. The molecule has 0 saturated carbocycles. The number of hydrogen-bond acceptors (Lipinski definition) is 6. The average Bonchev–Trinajstić information content (AvgIpc) is 3.28. The van der Waals surface area contributed by atoms with E-state index in [-0.39, 0.29) is 36.0 Å². The number of benzene rings is 2. The fraction of sp³-hybridized carbons (Fsp3) is 0.160. The summed E-state index contributed by atoms with van der Waals surface area (Å²) in [5.41, 5.74) is 2.15. The highest BCUT2D eigenvalue weighted by Gasteiger charge is 2.18. The second-order valence-corrected chi connectivity index (χ2v) is 9.34. The molecule has 0 fully saturated rings. The van der Waals surface area contributed by atoms with Crippen molar-refractivity contribution in [2.45, 2.75) is 26.9 Å². The Morgan fingerprint density at radius 3 is 2.66 bits per heavy atom. The minimum absolute atomic E-state index is 0.140. The standard InChI is InChI=1S/C25H20FN5O3S/c1-14-15(2)35-23-21(14)24(33)30(13-27-23)12-20(32)28-29-22-18-5-3-4-6-19(18)31(25(22)34)11-16-7-9-17(26)10-8-16/h3-10,13,34H,11-12H2,1-2H3. The molecule has 1 amide bonds. The van der Waals surface area contributed by atoms with Crippen LogP contribution in [0.15, 0.2) is 69.9 Å². The van der Waals surface area contributed by atoms with Gasteiger partial charge in [0.1, 0.15) is 17.2 Å². The van der Waals surface area contributed by atoms with Gasteiger partial charge in [-0.2, -0.15) is 0 Å². The van der Waals surface area contributed by atoms with Crippen molar-refractivity contribution >= 4 is 44.1 Å². The maximum Gasteiger partial charge on any atom is 0.284 e. The van der Waals surface area contributed by atoms with Gasteiger partial charge < -0.3 is 9.67 Å². The van der Waals surface area contributed by atoms with Gasteiger partial charge in [-0.15, -0.1) is 21.6 Å². The van der Waals surface area contributed by atoms with Crippen molar-refractivity contribution in [1.82, 2.24) is 14.1 Å². The second kappa shape index (κ2) is 8.88. The zero-order chi connectivity index (χ0) is 24.7. The highest BCUT2D eigenvalue weighted by molar-refractivity contribution is 7.18. The summed E-state index contributed by atoms with van der Waals surface area (Å²) in [4.78, 5) is 31.3. The molecule has 0 aliphatic heterocycles. The molecule has 0 bridgehead atoms. The molecule has 0 aliphatic rings. The van der Waals surface area contributed by atoms with Crippen molar-refractivity contribution < 1.29 is 14.3 Å². The van der Waals surface area contributed by atoms with E-state index in [9.17, 15) is 19.1 Å². The summed E-state index contributed by atoms with van der Waals surface area (Å²) in [7, 11) is 0. The third-order valence-corrected chi connectivity index (χ3v) is 7.01. The van der Waals surface area contributed by atoms with Crippen molar-refractivity contribution in [2.24, 2.45) is 10.2 Å². The van der Waals surface area contributed by atoms with Gasteiger partial charge in [0.15, 0.2) is 5.69 Å². The predicted molar refractivity (Wildman–Crippen MR) is 132 cm³/mol. The Morgan fingerprint density at radius 1 is 1.14 bits per heavy atom. The number of azo groups is 1. The van der Waals surface area contributed by atoms with Crippen molar-refractivity contribution in [3.63, 3.8) is 0 Å². The van der Waals surface area contributed by atoms with E-state index in [4.69, 9.17) is 0 Å². The summed E-state index contributed by atoms with van der Waals surface area (Å²) >= 11 is 1.43. The van der Waals surface area contributed by atoms with Crippen LogP contribution in [-0.4, -0.2) is 25.1 Å². The number of rotatable bonds is 5. The van der Waals surface area contributed by atoms with Crippen LogP contribution in [0.2, 0.25) is 0 Å². The molecular formula is C25H20FN5O3S. The number of nitrogens with zero attached hydrogens (tertiary/aromatic N) is 5. The lowest BCUT2D eigenvalue weighted by Gasteiger charge is -2.07. The van der Waals surface area contributed by atoms with Gasteiger partial charge in [0.2, 0.25) is 5.88 Å². The van der Waals surface area contributed by atoms with Crippen LogP contribution in [0.25, 0.3) is 21.1 Å². The second-order valence-electron chi connectivity index (χ2n) is 8.14. The van der Waals surface area contributed by atoms with Gasteiger partial charge in [-0.25, -0.2) is 9.37 Å². The number of fused-ring (bicyclic) bond motifs is 2. The number of aryl methyl sites for hydroxylation is 2. The number of halogens is 1. The van der Waals surface area contributed by atoms with Crippen LogP contribution in [0, 0.1) is 19.7 Å². The summed E-state index contributed by atoms with van der Waals surface area (Å²) in [6, 6.07) is 13.1. The van der Waals surface area contributed by atoms with Gasteiger partial charge in [0.25, 0.3) is 11.5 Å². The maximum atomic E-state index is 13.3. The first-order valence-corrected chi connectivity index (χ1v) is 11.6. The Morgan fingerprint density at radius 2 is 1.89 bits per heavy atom. The smallest absolute Gasteiger partial charge is 0.284 e. The Kier molecular flexibility index (Phi) is 5.73. The fourth-order valence-electron chi connectivity index (χ4n) is 3.97. The summed E-state index contributed by atoms with van der Waals surface area (Å²) in [5.74, 6) is -1.18. The molecule has 1 N–H and O–H groups in total. The first-order valence-electron chi connectivity index (χ1n) is 10.8.